The zero-order valence-electron chi connectivity index (χ0n) is 12.1. The molecule has 0 bridgehead atoms. The largest absolute Gasteiger partial charge is 0.485 e. The maximum absolute atomic E-state index is 10.6. The Kier molecular flexibility index (Phi) is 7.36. The highest BCUT2D eigenvalue weighted by Gasteiger charge is 2.34. The molecule has 1 N–H and O–H groups in total. The Morgan fingerprint density at radius 3 is 2.74 bits per heavy atom. The van der Waals surface area contributed by atoms with Crippen LogP contribution in [0.5, 0.6) is 0 Å². The number of carbonyl (C=O) groups is 1. The lowest BCUT2D eigenvalue weighted by atomic mass is 9.99. The lowest BCUT2D eigenvalue weighted by Crippen LogP contribution is -2.23. The molecular formula is C15H26O3S. The molecule has 0 fully saturated rings. The third kappa shape index (κ3) is 5.89. The van der Waals surface area contributed by atoms with Crippen molar-refractivity contribution in [2.75, 3.05) is 12.4 Å². The summed E-state index contributed by atoms with van der Waals surface area (Å²) in [4.78, 5) is 10.6. The fourth-order valence-electron chi connectivity index (χ4n) is 2.38. The monoisotopic (exact) mass is 286 g/mol. The van der Waals surface area contributed by atoms with Crippen molar-refractivity contribution in [2.45, 2.75) is 63.5 Å². The van der Waals surface area contributed by atoms with E-state index >= 15 is 0 Å². The summed E-state index contributed by atoms with van der Waals surface area (Å²) in [5.41, 5.74) is 0. The molecule has 0 aromatic carbocycles. The van der Waals surface area contributed by atoms with Crippen LogP contribution in [0.2, 0.25) is 0 Å². The van der Waals surface area contributed by atoms with E-state index in [9.17, 15) is 4.79 Å². The Morgan fingerprint density at radius 1 is 1.37 bits per heavy atom. The average molecular weight is 286 g/mol. The summed E-state index contributed by atoms with van der Waals surface area (Å²) in [6.45, 7) is 4.18. The van der Waals surface area contributed by atoms with Crippen molar-refractivity contribution < 1.29 is 14.6 Å². The van der Waals surface area contributed by atoms with Crippen molar-refractivity contribution in [2.24, 2.45) is 0 Å². The van der Waals surface area contributed by atoms with Gasteiger partial charge in [0, 0.05) is 5.75 Å². The van der Waals surface area contributed by atoms with Gasteiger partial charge in [0.15, 0.2) is 6.61 Å². The van der Waals surface area contributed by atoms with Crippen LogP contribution in [-0.2, 0) is 9.53 Å². The molecule has 0 aromatic heterocycles. The van der Waals surface area contributed by atoms with Gasteiger partial charge in [0.25, 0.3) is 0 Å². The Bertz CT molecular complexity index is 315. The molecule has 0 radical (unpaired) electrons. The topological polar surface area (TPSA) is 46.5 Å². The average Bonchev–Trinajstić information content (AvgIpc) is 2.73. The van der Waals surface area contributed by atoms with E-state index < -0.39 is 5.97 Å². The van der Waals surface area contributed by atoms with E-state index in [1.165, 1.54) is 38.5 Å². The predicted molar refractivity (Wildman–Crippen MR) is 80.5 cm³/mol. The first-order valence-electron chi connectivity index (χ1n) is 7.27. The Labute approximate surface area is 120 Å². The molecule has 1 atom stereocenters. The first-order chi connectivity index (χ1) is 9.08. The summed E-state index contributed by atoms with van der Waals surface area (Å²) in [6.07, 6.45) is 10.8. The van der Waals surface area contributed by atoms with Crippen molar-refractivity contribution in [1.82, 2.24) is 0 Å². The van der Waals surface area contributed by atoms with Gasteiger partial charge >= 0.3 is 5.97 Å². The molecule has 0 saturated heterocycles. The van der Waals surface area contributed by atoms with Crippen LogP contribution in [0.1, 0.15) is 58.8 Å². The Hall–Kier alpha value is -0.640. The number of ether oxygens (including phenoxy) is 1. The van der Waals surface area contributed by atoms with Crippen LogP contribution in [0, 0.1) is 0 Å². The summed E-state index contributed by atoms with van der Waals surface area (Å²) in [5.74, 6) is 0.898. The third-order valence-corrected chi connectivity index (χ3v) is 4.93. The fourth-order valence-corrected chi connectivity index (χ4v) is 3.55. The Morgan fingerprint density at radius 2 is 2.05 bits per heavy atom. The molecule has 1 aliphatic heterocycles. The number of hydrogen-bond acceptors (Lipinski definition) is 3. The zero-order valence-corrected chi connectivity index (χ0v) is 12.9. The second-order valence-corrected chi connectivity index (χ2v) is 6.83. The van der Waals surface area contributed by atoms with Crippen LogP contribution < -0.4 is 0 Å². The molecule has 0 aromatic rings. The fraction of sp³-hybridized carbons (Fsp3) is 0.800. The first-order valence-corrected chi connectivity index (χ1v) is 8.26. The van der Waals surface area contributed by atoms with Gasteiger partial charge in [0.05, 0.1) is 4.75 Å². The van der Waals surface area contributed by atoms with Gasteiger partial charge in [-0.3, -0.25) is 0 Å². The number of unbranched alkanes of at least 4 members (excludes halogenated alkanes) is 5. The molecule has 19 heavy (non-hydrogen) atoms. The summed E-state index contributed by atoms with van der Waals surface area (Å²) in [6, 6.07) is 0. The molecule has 1 unspecified atom stereocenters. The van der Waals surface area contributed by atoms with E-state index in [1.807, 2.05) is 17.8 Å². The number of carboxylic acid groups (broad SMARTS) is 1. The van der Waals surface area contributed by atoms with Gasteiger partial charge < -0.3 is 9.84 Å². The molecule has 1 aliphatic rings. The minimum absolute atomic E-state index is 0.0137. The smallest absolute Gasteiger partial charge is 0.341 e. The zero-order chi connectivity index (χ0) is 14.1. The van der Waals surface area contributed by atoms with Crippen LogP contribution in [0.15, 0.2) is 11.8 Å². The van der Waals surface area contributed by atoms with E-state index in [0.29, 0.717) is 0 Å². The van der Waals surface area contributed by atoms with E-state index in [2.05, 4.69) is 13.8 Å². The molecule has 0 aliphatic carbocycles. The summed E-state index contributed by atoms with van der Waals surface area (Å²) < 4.78 is 5.40. The second kappa shape index (κ2) is 8.51. The van der Waals surface area contributed by atoms with Gasteiger partial charge in [-0.05, 0) is 19.4 Å². The van der Waals surface area contributed by atoms with Crippen LogP contribution in [0.25, 0.3) is 0 Å². The van der Waals surface area contributed by atoms with Crippen molar-refractivity contribution in [1.29, 1.82) is 0 Å². The van der Waals surface area contributed by atoms with Crippen LogP contribution >= 0.6 is 11.8 Å². The first kappa shape index (κ1) is 16.4. The SMILES string of the molecule is CCCCCCCCC1(C)SCC=C1OCC(=O)O. The minimum Gasteiger partial charge on any atom is -0.485 e. The van der Waals surface area contributed by atoms with E-state index in [4.69, 9.17) is 9.84 Å². The highest BCUT2D eigenvalue weighted by atomic mass is 32.2. The summed E-state index contributed by atoms with van der Waals surface area (Å²) in [5, 5.41) is 8.68. The third-order valence-electron chi connectivity index (χ3n) is 3.55. The number of carboxylic acids is 1. The van der Waals surface area contributed by atoms with Crippen molar-refractivity contribution >= 4 is 17.7 Å². The lowest BCUT2D eigenvalue weighted by Gasteiger charge is -2.26. The number of rotatable bonds is 10. The van der Waals surface area contributed by atoms with Crippen LogP contribution in [-0.4, -0.2) is 28.2 Å². The van der Waals surface area contributed by atoms with Gasteiger partial charge in [-0.15, -0.1) is 11.8 Å². The quantitative estimate of drug-likeness (QED) is 0.611. The normalized spacial score (nSPS) is 22.3. The molecule has 0 spiro atoms. The van der Waals surface area contributed by atoms with Gasteiger partial charge in [-0.1, -0.05) is 45.4 Å². The molecule has 4 heteroatoms. The highest BCUT2D eigenvalue weighted by Crippen LogP contribution is 2.43. The molecule has 0 amide bonds. The van der Waals surface area contributed by atoms with Gasteiger partial charge in [0.1, 0.15) is 5.76 Å². The standard InChI is InChI=1S/C15H26O3S/c1-3-4-5-6-7-8-10-15(2)13(9-11-19-15)18-12-14(16)17/h9H,3-8,10-12H2,1-2H3,(H,16,17). The molecule has 3 nitrogen and oxygen atoms in total. The van der Waals surface area contributed by atoms with Crippen molar-refractivity contribution in [3.05, 3.63) is 11.8 Å². The van der Waals surface area contributed by atoms with Gasteiger partial charge in [-0.25, -0.2) is 4.79 Å². The van der Waals surface area contributed by atoms with E-state index in [-0.39, 0.29) is 11.4 Å². The molecular weight excluding hydrogens is 260 g/mol. The van der Waals surface area contributed by atoms with Crippen molar-refractivity contribution in [3.8, 4) is 0 Å². The van der Waals surface area contributed by atoms with Crippen LogP contribution in [0.3, 0.4) is 0 Å². The second-order valence-electron chi connectivity index (χ2n) is 5.31. The highest BCUT2D eigenvalue weighted by molar-refractivity contribution is 8.01. The maximum Gasteiger partial charge on any atom is 0.341 e. The minimum atomic E-state index is -0.903. The van der Waals surface area contributed by atoms with Gasteiger partial charge in [-0.2, -0.15) is 0 Å². The van der Waals surface area contributed by atoms with Crippen molar-refractivity contribution in [3.63, 3.8) is 0 Å². The predicted octanol–water partition coefficient (Wildman–Crippen LogP) is 4.23. The maximum atomic E-state index is 10.6. The van der Waals surface area contributed by atoms with Crippen LogP contribution in [0.4, 0.5) is 0 Å². The lowest BCUT2D eigenvalue weighted by molar-refractivity contribution is -0.141. The van der Waals surface area contributed by atoms with E-state index in [1.54, 1.807) is 0 Å². The van der Waals surface area contributed by atoms with E-state index in [0.717, 1.165) is 17.9 Å². The number of thioether (sulfide) groups is 1. The molecule has 0 saturated carbocycles. The molecule has 1 heterocycles. The Balaban J connectivity index is 2.26. The molecule has 1 rings (SSSR count). The number of hydrogen-bond donors (Lipinski definition) is 1. The summed E-state index contributed by atoms with van der Waals surface area (Å²) >= 11 is 1.86. The molecule has 110 valence electrons. The number of aliphatic carboxylic acids is 1. The van der Waals surface area contributed by atoms with Gasteiger partial charge in [0.2, 0.25) is 0 Å². The summed E-state index contributed by atoms with van der Waals surface area (Å²) in [7, 11) is 0.